The Balaban J connectivity index is 1.99. The summed E-state index contributed by atoms with van der Waals surface area (Å²) in [5.74, 6) is -0.760. The van der Waals surface area contributed by atoms with Crippen LogP contribution in [0.5, 0.6) is 0 Å². The van der Waals surface area contributed by atoms with E-state index in [1.54, 1.807) is 12.1 Å². The molecule has 0 saturated carbocycles. The fourth-order valence-electron chi connectivity index (χ4n) is 2.79. The molecule has 0 N–H and O–H groups in total. The Hall–Kier alpha value is -3.00. The van der Waals surface area contributed by atoms with Crippen molar-refractivity contribution in [1.29, 1.82) is 10.5 Å². The standard InChI is InChI=1S/C22H10Cl4N4O2/c23-13-3-1-11(5-15(13)25)21(31)7-17-18(30-20(10-28)19(9-27)29-17)8-22(32)12-2-4-14(24)16(26)6-12/h1-6H,7-8H2. The highest BCUT2D eigenvalue weighted by Crippen LogP contribution is 2.25. The van der Waals surface area contributed by atoms with E-state index in [1.165, 1.54) is 36.4 Å². The minimum Gasteiger partial charge on any atom is -0.294 e. The van der Waals surface area contributed by atoms with Crippen LogP contribution in [0.15, 0.2) is 36.4 Å². The van der Waals surface area contributed by atoms with E-state index >= 15 is 0 Å². The van der Waals surface area contributed by atoms with Gasteiger partial charge in [0.05, 0.1) is 44.3 Å². The van der Waals surface area contributed by atoms with Gasteiger partial charge in [-0.15, -0.1) is 0 Å². The molecule has 0 aliphatic heterocycles. The summed E-state index contributed by atoms with van der Waals surface area (Å²) >= 11 is 23.8. The average molecular weight is 504 g/mol. The summed E-state index contributed by atoms with van der Waals surface area (Å²) in [6.45, 7) is 0. The number of benzene rings is 2. The zero-order valence-corrected chi connectivity index (χ0v) is 19.0. The number of carbonyl (C=O) groups excluding carboxylic acids is 2. The van der Waals surface area contributed by atoms with E-state index in [-0.39, 0.29) is 68.4 Å². The number of hydrogen-bond acceptors (Lipinski definition) is 6. The molecular weight excluding hydrogens is 494 g/mol. The number of aromatic nitrogens is 2. The maximum absolute atomic E-state index is 12.8. The maximum Gasteiger partial charge on any atom is 0.177 e. The third-order valence-electron chi connectivity index (χ3n) is 4.40. The van der Waals surface area contributed by atoms with Crippen LogP contribution in [0.25, 0.3) is 0 Å². The molecule has 0 saturated heterocycles. The van der Waals surface area contributed by atoms with E-state index < -0.39 is 0 Å². The van der Waals surface area contributed by atoms with Crippen LogP contribution in [0.2, 0.25) is 20.1 Å². The first-order valence-corrected chi connectivity index (χ1v) is 10.4. The van der Waals surface area contributed by atoms with Crippen LogP contribution in [-0.2, 0) is 12.8 Å². The van der Waals surface area contributed by atoms with Gasteiger partial charge in [-0.25, -0.2) is 9.97 Å². The van der Waals surface area contributed by atoms with Gasteiger partial charge < -0.3 is 0 Å². The zero-order chi connectivity index (χ0) is 23.4. The molecule has 3 rings (SSSR count). The predicted octanol–water partition coefficient (Wildman–Crippen LogP) is 5.68. The van der Waals surface area contributed by atoms with Crippen LogP contribution in [-0.4, -0.2) is 21.5 Å². The smallest absolute Gasteiger partial charge is 0.177 e. The molecule has 0 aliphatic carbocycles. The summed E-state index contributed by atoms with van der Waals surface area (Å²) in [5, 5.41) is 19.6. The van der Waals surface area contributed by atoms with Gasteiger partial charge in [-0.1, -0.05) is 46.4 Å². The molecule has 6 nitrogen and oxygen atoms in total. The molecule has 0 amide bonds. The molecule has 3 aromatic rings. The van der Waals surface area contributed by atoms with Gasteiger partial charge in [-0.3, -0.25) is 9.59 Å². The maximum atomic E-state index is 12.8. The van der Waals surface area contributed by atoms with Crippen LogP contribution in [0.4, 0.5) is 0 Å². The quantitative estimate of drug-likeness (QED) is 0.400. The van der Waals surface area contributed by atoms with Crippen molar-refractivity contribution < 1.29 is 9.59 Å². The number of nitriles is 2. The lowest BCUT2D eigenvalue weighted by molar-refractivity contribution is 0.0976. The van der Waals surface area contributed by atoms with Crippen LogP contribution < -0.4 is 0 Å². The van der Waals surface area contributed by atoms with Crippen molar-refractivity contribution in [3.8, 4) is 12.1 Å². The fraction of sp³-hybridized carbons (Fsp3) is 0.0909. The summed E-state index contributed by atoms with van der Waals surface area (Å²) in [5.41, 5.74) is 0.261. The number of nitrogens with zero attached hydrogens (tertiary/aromatic N) is 4. The van der Waals surface area contributed by atoms with Crippen molar-refractivity contribution >= 4 is 58.0 Å². The molecule has 0 radical (unpaired) electrons. The van der Waals surface area contributed by atoms with Crippen molar-refractivity contribution in [2.45, 2.75) is 12.8 Å². The number of hydrogen-bond donors (Lipinski definition) is 0. The van der Waals surface area contributed by atoms with Crippen LogP contribution in [0, 0.1) is 22.7 Å². The molecule has 0 spiro atoms. The largest absolute Gasteiger partial charge is 0.294 e. The number of Topliss-reactive ketones (excluding diaryl/α,β-unsaturated/α-hetero) is 2. The second-order valence-corrected chi connectivity index (χ2v) is 8.12. The van der Waals surface area contributed by atoms with Gasteiger partial charge >= 0.3 is 0 Å². The topological polar surface area (TPSA) is 108 Å². The summed E-state index contributed by atoms with van der Waals surface area (Å²) < 4.78 is 0. The Bertz CT molecular complexity index is 1240. The minimum absolute atomic E-state index is 0.102. The van der Waals surface area contributed by atoms with E-state index in [1.807, 2.05) is 0 Å². The molecule has 0 bridgehead atoms. The molecule has 158 valence electrons. The van der Waals surface area contributed by atoms with E-state index in [0.717, 1.165) is 0 Å². The van der Waals surface area contributed by atoms with Gasteiger partial charge in [0.1, 0.15) is 12.1 Å². The number of halogens is 4. The third kappa shape index (κ3) is 5.24. The second-order valence-electron chi connectivity index (χ2n) is 6.50. The van der Waals surface area contributed by atoms with Gasteiger partial charge in [-0.05, 0) is 36.4 Å². The lowest BCUT2D eigenvalue weighted by Crippen LogP contribution is -2.15. The molecule has 1 heterocycles. The normalized spacial score (nSPS) is 10.3. The molecule has 10 heteroatoms. The first kappa shape index (κ1) is 23.7. The van der Waals surface area contributed by atoms with Crippen molar-refractivity contribution in [2.75, 3.05) is 0 Å². The number of ketones is 2. The van der Waals surface area contributed by atoms with Gasteiger partial charge in [0.2, 0.25) is 0 Å². The Labute approximate surface area is 202 Å². The molecule has 2 aromatic carbocycles. The molecule has 0 unspecified atom stereocenters. The highest BCUT2D eigenvalue weighted by molar-refractivity contribution is 6.42. The predicted molar refractivity (Wildman–Crippen MR) is 120 cm³/mol. The molecule has 0 atom stereocenters. The van der Waals surface area contributed by atoms with Crippen molar-refractivity contribution in [3.05, 3.63) is 90.4 Å². The van der Waals surface area contributed by atoms with Crippen LogP contribution in [0.1, 0.15) is 43.5 Å². The summed E-state index contributed by atoms with van der Waals surface area (Å²) in [4.78, 5) is 33.8. The van der Waals surface area contributed by atoms with Gasteiger partial charge in [0.25, 0.3) is 0 Å². The van der Waals surface area contributed by atoms with E-state index in [2.05, 4.69) is 9.97 Å². The average Bonchev–Trinajstić information content (AvgIpc) is 2.77. The summed E-state index contributed by atoms with van der Waals surface area (Å²) in [6, 6.07) is 12.3. The highest BCUT2D eigenvalue weighted by atomic mass is 35.5. The van der Waals surface area contributed by atoms with Gasteiger partial charge in [0.15, 0.2) is 23.0 Å². The monoisotopic (exact) mass is 502 g/mol. The lowest BCUT2D eigenvalue weighted by atomic mass is 10.0. The highest BCUT2D eigenvalue weighted by Gasteiger charge is 2.20. The van der Waals surface area contributed by atoms with Crippen LogP contribution in [0.3, 0.4) is 0 Å². The Kier molecular flexibility index (Phi) is 7.45. The fourth-order valence-corrected chi connectivity index (χ4v) is 3.39. The van der Waals surface area contributed by atoms with Gasteiger partial charge in [0, 0.05) is 11.1 Å². The van der Waals surface area contributed by atoms with Crippen molar-refractivity contribution in [2.24, 2.45) is 0 Å². The number of rotatable bonds is 6. The lowest BCUT2D eigenvalue weighted by Gasteiger charge is -2.10. The Morgan fingerprint density at radius 1 is 0.688 bits per heavy atom. The Morgan fingerprint density at radius 2 is 1.06 bits per heavy atom. The first-order valence-electron chi connectivity index (χ1n) is 8.90. The van der Waals surface area contributed by atoms with Crippen molar-refractivity contribution in [1.82, 2.24) is 9.97 Å². The second kappa shape index (κ2) is 10.1. The molecule has 0 fully saturated rings. The van der Waals surface area contributed by atoms with Gasteiger partial charge in [-0.2, -0.15) is 10.5 Å². The summed E-state index contributed by atoms with van der Waals surface area (Å²) in [6.07, 6.45) is -0.537. The van der Waals surface area contributed by atoms with Crippen LogP contribution >= 0.6 is 46.4 Å². The molecular formula is C22H10Cl4N4O2. The first-order chi connectivity index (χ1) is 15.2. The number of carbonyl (C=O) groups is 2. The molecule has 32 heavy (non-hydrogen) atoms. The Morgan fingerprint density at radius 3 is 1.38 bits per heavy atom. The van der Waals surface area contributed by atoms with E-state index in [4.69, 9.17) is 46.4 Å². The summed E-state index contributed by atoms with van der Waals surface area (Å²) in [7, 11) is 0. The third-order valence-corrected chi connectivity index (χ3v) is 5.88. The zero-order valence-electron chi connectivity index (χ0n) is 16.0. The van der Waals surface area contributed by atoms with E-state index in [9.17, 15) is 20.1 Å². The molecule has 1 aromatic heterocycles. The van der Waals surface area contributed by atoms with Crippen molar-refractivity contribution in [3.63, 3.8) is 0 Å². The minimum atomic E-state index is -0.380. The van der Waals surface area contributed by atoms with E-state index in [0.29, 0.717) is 10.0 Å². The SMILES string of the molecule is N#Cc1nc(CC(=O)c2ccc(Cl)c(Cl)c2)c(CC(=O)c2ccc(Cl)c(Cl)c2)nc1C#N. The molecule has 0 aliphatic rings.